The molecule has 0 aliphatic rings. The third-order valence-electron chi connectivity index (χ3n) is 4.15. The second-order valence-electron chi connectivity index (χ2n) is 5.84. The SMILES string of the molecule is Cc1nc2ccccc2nc1CSCc1c(Cl)ccc2cccnc12. The summed E-state index contributed by atoms with van der Waals surface area (Å²) in [5.41, 5.74) is 5.94. The summed E-state index contributed by atoms with van der Waals surface area (Å²) in [5, 5.41) is 1.88. The van der Waals surface area contributed by atoms with Gasteiger partial charge in [-0.25, -0.2) is 9.97 Å². The third-order valence-corrected chi connectivity index (χ3v) is 5.47. The Hall–Kier alpha value is -2.17. The average molecular weight is 366 g/mol. The van der Waals surface area contributed by atoms with Crippen molar-refractivity contribution >= 4 is 45.3 Å². The molecule has 4 aromatic rings. The molecule has 25 heavy (non-hydrogen) atoms. The number of nitrogens with zero attached hydrogens (tertiary/aromatic N) is 3. The molecule has 0 fully saturated rings. The van der Waals surface area contributed by atoms with E-state index in [1.165, 1.54) is 0 Å². The van der Waals surface area contributed by atoms with Gasteiger partial charge in [-0.15, -0.1) is 0 Å². The van der Waals surface area contributed by atoms with E-state index < -0.39 is 0 Å². The number of aromatic nitrogens is 3. The summed E-state index contributed by atoms with van der Waals surface area (Å²) >= 11 is 8.20. The smallest absolute Gasteiger partial charge is 0.0890 e. The molecule has 0 aliphatic heterocycles. The molecule has 0 atom stereocenters. The highest BCUT2D eigenvalue weighted by atomic mass is 35.5. The molecule has 4 rings (SSSR count). The number of rotatable bonds is 4. The van der Waals surface area contributed by atoms with E-state index in [0.29, 0.717) is 0 Å². The van der Waals surface area contributed by atoms with Gasteiger partial charge in [0.2, 0.25) is 0 Å². The molecule has 0 N–H and O–H groups in total. The van der Waals surface area contributed by atoms with Gasteiger partial charge in [0.25, 0.3) is 0 Å². The molecule has 0 unspecified atom stereocenters. The predicted molar refractivity (Wildman–Crippen MR) is 106 cm³/mol. The molecule has 0 spiro atoms. The summed E-state index contributed by atoms with van der Waals surface area (Å²) < 4.78 is 0. The van der Waals surface area contributed by atoms with E-state index in [2.05, 4.69) is 16.0 Å². The summed E-state index contributed by atoms with van der Waals surface area (Å²) in [6, 6.07) is 15.9. The first-order valence-corrected chi connectivity index (χ1v) is 9.58. The van der Waals surface area contributed by atoms with Gasteiger partial charge in [0.1, 0.15) is 0 Å². The van der Waals surface area contributed by atoms with Gasteiger partial charge in [-0.05, 0) is 31.2 Å². The largest absolute Gasteiger partial charge is 0.256 e. The molecule has 2 aromatic carbocycles. The van der Waals surface area contributed by atoms with Crippen LogP contribution >= 0.6 is 23.4 Å². The van der Waals surface area contributed by atoms with E-state index >= 15 is 0 Å². The van der Waals surface area contributed by atoms with Crippen molar-refractivity contribution in [1.82, 2.24) is 15.0 Å². The number of fused-ring (bicyclic) bond motifs is 2. The van der Waals surface area contributed by atoms with E-state index in [1.54, 1.807) is 11.8 Å². The Balaban J connectivity index is 1.57. The lowest BCUT2D eigenvalue weighted by atomic mass is 10.1. The molecular formula is C20H16ClN3S. The molecule has 3 nitrogen and oxygen atoms in total. The number of benzene rings is 2. The van der Waals surface area contributed by atoms with Crippen LogP contribution in [-0.4, -0.2) is 15.0 Å². The van der Waals surface area contributed by atoms with Crippen LogP contribution in [0.3, 0.4) is 0 Å². The fourth-order valence-corrected chi connectivity index (χ4v) is 4.19. The Morgan fingerprint density at radius 1 is 0.920 bits per heavy atom. The normalized spacial score (nSPS) is 11.3. The third kappa shape index (κ3) is 3.32. The standard InChI is InChI=1S/C20H16ClN3S/c1-13-19(24-18-7-3-2-6-17(18)23-13)12-25-11-15-16(21)9-8-14-5-4-10-22-20(14)15/h2-10H,11-12H2,1H3. The molecule has 0 saturated heterocycles. The van der Waals surface area contributed by atoms with Crippen LogP contribution in [-0.2, 0) is 11.5 Å². The quantitative estimate of drug-likeness (QED) is 0.473. The maximum atomic E-state index is 6.41. The zero-order valence-corrected chi connectivity index (χ0v) is 15.3. The van der Waals surface area contributed by atoms with E-state index in [0.717, 1.165) is 55.4 Å². The monoisotopic (exact) mass is 365 g/mol. The van der Waals surface area contributed by atoms with Gasteiger partial charge >= 0.3 is 0 Å². The van der Waals surface area contributed by atoms with Crippen molar-refractivity contribution in [1.29, 1.82) is 0 Å². The lowest BCUT2D eigenvalue weighted by molar-refractivity contribution is 1.08. The predicted octanol–water partition coefficient (Wildman–Crippen LogP) is 5.57. The highest BCUT2D eigenvalue weighted by Gasteiger charge is 2.10. The first kappa shape index (κ1) is 16.3. The van der Waals surface area contributed by atoms with Gasteiger partial charge in [0.05, 0.1) is 27.9 Å². The molecule has 2 aromatic heterocycles. The van der Waals surface area contributed by atoms with Crippen molar-refractivity contribution < 1.29 is 0 Å². The van der Waals surface area contributed by atoms with Gasteiger partial charge in [-0.1, -0.05) is 35.9 Å². The van der Waals surface area contributed by atoms with Gasteiger partial charge in [-0.3, -0.25) is 4.98 Å². The van der Waals surface area contributed by atoms with Crippen LogP contribution in [0.25, 0.3) is 21.9 Å². The van der Waals surface area contributed by atoms with Crippen LogP contribution in [0.2, 0.25) is 5.02 Å². The molecule has 2 heterocycles. The second kappa shape index (κ2) is 6.98. The summed E-state index contributed by atoms with van der Waals surface area (Å²) in [4.78, 5) is 13.9. The van der Waals surface area contributed by atoms with Gasteiger partial charge < -0.3 is 0 Å². The minimum absolute atomic E-state index is 0.764. The van der Waals surface area contributed by atoms with Crippen molar-refractivity contribution in [3.05, 3.63) is 76.7 Å². The van der Waals surface area contributed by atoms with Crippen molar-refractivity contribution in [3.63, 3.8) is 0 Å². The van der Waals surface area contributed by atoms with Crippen LogP contribution in [0.15, 0.2) is 54.7 Å². The first-order chi connectivity index (χ1) is 12.2. The number of thioether (sulfide) groups is 1. The average Bonchev–Trinajstić information content (AvgIpc) is 2.64. The molecule has 0 radical (unpaired) electrons. The molecular weight excluding hydrogens is 350 g/mol. The summed E-state index contributed by atoms with van der Waals surface area (Å²) in [6.07, 6.45) is 1.81. The molecule has 0 saturated carbocycles. The second-order valence-corrected chi connectivity index (χ2v) is 7.23. The van der Waals surface area contributed by atoms with E-state index in [4.69, 9.17) is 16.6 Å². The number of para-hydroxylation sites is 2. The van der Waals surface area contributed by atoms with Gasteiger partial charge in [0.15, 0.2) is 0 Å². The maximum Gasteiger partial charge on any atom is 0.0890 e. The summed E-state index contributed by atoms with van der Waals surface area (Å²) in [7, 11) is 0. The summed E-state index contributed by atoms with van der Waals surface area (Å²) in [5.74, 6) is 1.59. The lowest BCUT2D eigenvalue weighted by Gasteiger charge is -2.09. The number of halogens is 1. The fraction of sp³-hybridized carbons (Fsp3) is 0.150. The van der Waals surface area contributed by atoms with Crippen molar-refractivity contribution in [2.75, 3.05) is 0 Å². The topological polar surface area (TPSA) is 38.7 Å². The molecule has 124 valence electrons. The van der Waals surface area contributed by atoms with Crippen LogP contribution in [0.5, 0.6) is 0 Å². The minimum atomic E-state index is 0.764. The number of aryl methyl sites for hydroxylation is 1. The fourth-order valence-electron chi connectivity index (χ4n) is 2.83. The Labute approximate surface area is 155 Å². The number of hydrogen-bond acceptors (Lipinski definition) is 4. The van der Waals surface area contributed by atoms with Gasteiger partial charge in [-0.2, -0.15) is 11.8 Å². The molecule has 0 aliphatic carbocycles. The minimum Gasteiger partial charge on any atom is -0.256 e. The van der Waals surface area contributed by atoms with Crippen LogP contribution in [0, 0.1) is 6.92 Å². The summed E-state index contributed by atoms with van der Waals surface area (Å²) in [6.45, 7) is 2.02. The van der Waals surface area contributed by atoms with Crippen LogP contribution in [0.1, 0.15) is 17.0 Å². The van der Waals surface area contributed by atoms with E-state index in [1.807, 2.05) is 55.6 Å². The maximum absolute atomic E-state index is 6.41. The zero-order chi connectivity index (χ0) is 17.2. The highest BCUT2D eigenvalue weighted by molar-refractivity contribution is 7.97. The van der Waals surface area contributed by atoms with Crippen molar-refractivity contribution in [2.45, 2.75) is 18.4 Å². The number of pyridine rings is 1. The van der Waals surface area contributed by atoms with Crippen molar-refractivity contribution in [2.24, 2.45) is 0 Å². The lowest BCUT2D eigenvalue weighted by Crippen LogP contribution is -1.97. The van der Waals surface area contributed by atoms with Crippen LogP contribution in [0.4, 0.5) is 0 Å². The van der Waals surface area contributed by atoms with Crippen LogP contribution < -0.4 is 0 Å². The molecule has 5 heteroatoms. The Morgan fingerprint density at radius 3 is 2.56 bits per heavy atom. The van der Waals surface area contributed by atoms with E-state index in [9.17, 15) is 0 Å². The van der Waals surface area contributed by atoms with Crippen molar-refractivity contribution in [3.8, 4) is 0 Å². The van der Waals surface area contributed by atoms with Gasteiger partial charge in [0, 0.05) is 33.7 Å². The zero-order valence-electron chi connectivity index (χ0n) is 13.7. The Kier molecular flexibility index (Phi) is 4.55. The first-order valence-electron chi connectivity index (χ1n) is 8.04. The highest BCUT2D eigenvalue weighted by Crippen LogP contribution is 2.29. The Bertz CT molecular complexity index is 1070. The molecule has 0 bridgehead atoms. The Morgan fingerprint density at radius 2 is 1.72 bits per heavy atom. The van der Waals surface area contributed by atoms with E-state index in [-0.39, 0.29) is 0 Å². The molecule has 0 amide bonds. The number of hydrogen-bond donors (Lipinski definition) is 0.